The van der Waals surface area contributed by atoms with E-state index in [1.54, 1.807) is 0 Å². The van der Waals surface area contributed by atoms with E-state index in [0.717, 1.165) is 44.7 Å². The van der Waals surface area contributed by atoms with E-state index in [1.165, 1.54) is 0 Å². The molecule has 3 aliphatic carbocycles. The summed E-state index contributed by atoms with van der Waals surface area (Å²) >= 11 is 0. The number of aromatic nitrogens is 4. The van der Waals surface area contributed by atoms with Gasteiger partial charge in [0, 0.05) is 5.41 Å². The van der Waals surface area contributed by atoms with E-state index in [9.17, 15) is 13.2 Å². The molecule has 142 valence electrons. The standard InChI is InChI=1S/C16H18F3N5O.ClH/c17-16(18,19)11-8-21-10(7-22-11)12-23-13(25-24-12)15-4-1-14(9-20,2-5-15)3-6-15;/h7-8H,1-6,9,20H2;1H. The Kier molecular flexibility index (Phi) is 4.72. The SMILES string of the molecule is Cl.NCC12CCC(c3nc(-c4cnc(C(F)(F)F)cn4)no3)(CC1)CC2. The fourth-order valence-electron chi connectivity index (χ4n) is 4.02. The highest BCUT2D eigenvalue weighted by molar-refractivity contribution is 5.85. The minimum Gasteiger partial charge on any atom is -0.338 e. The van der Waals surface area contributed by atoms with Crippen LogP contribution in [-0.2, 0) is 11.6 Å². The Bertz CT molecular complexity index is 752. The van der Waals surface area contributed by atoms with Crippen molar-refractivity contribution in [2.45, 2.75) is 50.1 Å². The van der Waals surface area contributed by atoms with Crippen molar-refractivity contribution in [3.05, 3.63) is 24.0 Å². The zero-order valence-corrected chi connectivity index (χ0v) is 14.7. The van der Waals surface area contributed by atoms with E-state index < -0.39 is 11.9 Å². The van der Waals surface area contributed by atoms with Crippen LogP contribution in [0.4, 0.5) is 13.2 Å². The van der Waals surface area contributed by atoms with E-state index >= 15 is 0 Å². The van der Waals surface area contributed by atoms with Gasteiger partial charge in [-0.25, -0.2) is 9.97 Å². The number of halogens is 4. The lowest BCUT2D eigenvalue weighted by molar-refractivity contribution is -0.141. The molecule has 3 fully saturated rings. The minimum absolute atomic E-state index is 0. The number of fused-ring (bicyclic) bond motifs is 3. The highest BCUT2D eigenvalue weighted by atomic mass is 35.5. The van der Waals surface area contributed by atoms with Crippen LogP contribution in [0.15, 0.2) is 16.9 Å². The second-order valence-electron chi connectivity index (χ2n) is 7.19. The quantitative estimate of drug-likeness (QED) is 0.863. The molecule has 2 aromatic heterocycles. The first kappa shape index (κ1) is 19.0. The van der Waals surface area contributed by atoms with Crippen molar-refractivity contribution in [1.29, 1.82) is 0 Å². The van der Waals surface area contributed by atoms with Crippen molar-refractivity contribution >= 4 is 12.4 Å². The fourth-order valence-corrected chi connectivity index (χ4v) is 4.02. The summed E-state index contributed by atoms with van der Waals surface area (Å²) in [5.74, 6) is 0.723. The van der Waals surface area contributed by atoms with E-state index in [4.69, 9.17) is 10.3 Å². The first-order chi connectivity index (χ1) is 11.9. The molecule has 26 heavy (non-hydrogen) atoms. The number of hydrogen-bond acceptors (Lipinski definition) is 6. The van der Waals surface area contributed by atoms with Crippen molar-refractivity contribution < 1.29 is 17.7 Å². The van der Waals surface area contributed by atoms with Gasteiger partial charge in [0.05, 0.1) is 12.4 Å². The van der Waals surface area contributed by atoms with Gasteiger partial charge in [-0.3, -0.25) is 0 Å². The van der Waals surface area contributed by atoms with E-state index in [-0.39, 0.29) is 34.8 Å². The lowest BCUT2D eigenvalue weighted by atomic mass is 9.53. The van der Waals surface area contributed by atoms with Gasteiger partial charge in [-0.05, 0) is 50.5 Å². The van der Waals surface area contributed by atoms with Gasteiger partial charge < -0.3 is 10.3 Å². The second kappa shape index (κ2) is 6.45. The summed E-state index contributed by atoms with van der Waals surface area (Å²) < 4.78 is 43.2. The average Bonchev–Trinajstić information content (AvgIpc) is 3.14. The third-order valence-corrected chi connectivity index (χ3v) is 5.89. The lowest BCUT2D eigenvalue weighted by Crippen LogP contribution is -2.47. The predicted octanol–water partition coefficient (Wildman–Crippen LogP) is 3.52. The number of nitrogens with zero attached hydrogens (tertiary/aromatic N) is 4. The number of nitrogens with two attached hydrogens (primary N) is 1. The molecule has 3 saturated carbocycles. The van der Waals surface area contributed by atoms with Gasteiger partial charge in [0.1, 0.15) is 5.69 Å². The lowest BCUT2D eigenvalue weighted by Gasteiger charge is -2.51. The normalized spacial score (nSPS) is 28.0. The molecule has 0 aromatic carbocycles. The molecule has 0 unspecified atom stereocenters. The topological polar surface area (TPSA) is 90.7 Å². The van der Waals surface area contributed by atoms with Crippen LogP contribution in [0.3, 0.4) is 0 Å². The highest BCUT2D eigenvalue weighted by Gasteiger charge is 2.51. The first-order valence-electron chi connectivity index (χ1n) is 8.30. The Morgan fingerprint density at radius 1 is 1.04 bits per heavy atom. The maximum Gasteiger partial charge on any atom is 0.434 e. The van der Waals surface area contributed by atoms with Crippen molar-refractivity contribution in [3.8, 4) is 11.5 Å². The molecule has 2 bridgehead atoms. The predicted molar refractivity (Wildman–Crippen MR) is 88.4 cm³/mol. The van der Waals surface area contributed by atoms with Crippen LogP contribution in [0.2, 0.25) is 0 Å². The Labute approximate surface area is 154 Å². The molecule has 0 radical (unpaired) electrons. The largest absolute Gasteiger partial charge is 0.434 e. The number of hydrogen-bond donors (Lipinski definition) is 1. The monoisotopic (exact) mass is 389 g/mol. The molecule has 0 saturated heterocycles. The molecule has 2 N–H and O–H groups in total. The summed E-state index contributed by atoms with van der Waals surface area (Å²) in [5.41, 5.74) is 5.17. The van der Waals surface area contributed by atoms with E-state index in [2.05, 4.69) is 20.1 Å². The maximum absolute atomic E-state index is 12.6. The second-order valence-corrected chi connectivity index (χ2v) is 7.19. The van der Waals surface area contributed by atoms with Gasteiger partial charge in [-0.1, -0.05) is 5.16 Å². The molecular weight excluding hydrogens is 371 g/mol. The molecule has 2 aromatic rings. The van der Waals surface area contributed by atoms with Gasteiger partial charge in [-0.15, -0.1) is 12.4 Å². The van der Waals surface area contributed by atoms with E-state index in [0.29, 0.717) is 18.6 Å². The van der Waals surface area contributed by atoms with E-state index in [1.807, 2.05) is 0 Å². The van der Waals surface area contributed by atoms with Crippen LogP contribution in [-0.4, -0.2) is 26.7 Å². The smallest absolute Gasteiger partial charge is 0.338 e. The van der Waals surface area contributed by atoms with Crippen molar-refractivity contribution in [1.82, 2.24) is 20.1 Å². The molecule has 6 nitrogen and oxygen atoms in total. The summed E-state index contributed by atoms with van der Waals surface area (Å²) in [6.07, 6.45) is 3.16. The summed E-state index contributed by atoms with van der Waals surface area (Å²) in [4.78, 5) is 11.6. The van der Waals surface area contributed by atoms with Crippen LogP contribution in [0.5, 0.6) is 0 Å². The van der Waals surface area contributed by atoms with Crippen LogP contribution in [0, 0.1) is 5.41 Å². The number of rotatable bonds is 3. The first-order valence-corrected chi connectivity index (χ1v) is 8.30. The minimum atomic E-state index is -4.52. The average molecular weight is 390 g/mol. The molecule has 10 heteroatoms. The molecule has 5 rings (SSSR count). The van der Waals surface area contributed by atoms with Crippen LogP contribution in [0.1, 0.15) is 50.1 Å². The zero-order chi connectivity index (χ0) is 17.7. The Hall–Kier alpha value is -1.74. The van der Waals surface area contributed by atoms with Gasteiger partial charge >= 0.3 is 6.18 Å². The third-order valence-electron chi connectivity index (χ3n) is 5.89. The van der Waals surface area contributed by atoms with Gasteiger partial charge in [-0.2, -0.15) is 18.2 Å². The van der Waals surface area contributed by atoms with Crippen molar-refractivity contribution in [2.75, 3.05) is 6.54 Å². The third kappa shape index (κ3) is 3.07. The van der Waals surface area contributed by atoms with Crippen molar-refractivity contribution in [3.63, 3.8) is 0 Å². The Balaban J connectivity index is 0.00000196. The molecule has 3 aliphatic rings. The molecular formula is C16H19ClF3N5O. The summed E-state index contributed by atoms with van der Waals surface area (Å²) in [6.45, 7) is 0.708. The van der Waals surface area contributed by atoms with Crippen molar-refractivity contribution in [2.24, 2.45) is 11.1 Å². The molecule has 0 amide bonds. The van der Waals surface area contributed by atoms with Crippen LogP contribution in [0.25, 0.3) is 11.5 Å². The van der Waals surface area contributed by atoms with Gasteiger partial charge in [0.15, 0.2) is 5.69 Å². The molecule has 0 atom stereocenters. The van der Waals surface area contributed by atoms with Crippen LogP contribution >= 0.6 is 12.4 Å². The highest BCUT2D eigenvalue weighted by Crippen LogP contribution is 2.57. The molecule has 0 aliphatic heterocycles. The molecule has 2 heterocycles. The molecule has 0 spiro atoms. The summed E-state index contributed by atoms with van der Waals surface area (Å²) in [6, 6.07) is 0. The maximum atomic E-state index is 12.6. The zero-order valence-electron chi connectivity index (χ0n) is 13.9. The Morgan fingerprint density at radius 2 is 1.69 bits per heavy atom. The summed E-state index contributed by atoms with van der Waals surface area (Å²) in [5, 5.41) is 3.91. The fraction of sp³-hybridized carbons (Fsp3) is 0.625. The number of alkyl halides is 3. The summed E-state index contributed by atoms with van der Waals surface area (Å²) in [7, 11) is 0. The Morgan fingerprint density at radius 3 is 2.19 bits per heavy atom. The van der Waals surface area contributed by atoms with Gasteiger partial charge in [0.25, 0.3) is 0 Å². The van der Waals surface area contributed by atoms with Crippen LogP contribution < -0.4 is 5.73 Å². The van der Waals surface area contributed by atoms with Gasteiger partial charge in [0.2, 0.25) is 11.7 Å².